The van der Waals surface area contributed by atoms with Gasteiger partial charge in [-0.15, -0.1) is 0 Å². The maximum Gasteiger partial charge on any atom is 0.226 e. The molecule has 0 spiro atoms. The molecule has 3 nitrogen and oxygen atoms in total. The summed E-state index contributed by atoms with van der Waals surface area (Å²) in [6.45, 7) is 10.4. The van der Waals surface area contributed by atoms with Crippen LogP contribution in [0.3, 0.4) is 0 Å². The summed E-state index contributed by atoms with van der Waals surface area (Å²) in [6, 6.07) is 0. The Bertz CT molecular complexity index is 304. The second-order valence-electron chi connectivity index (χ2n) is 7.82. The number of carbonyl (C=O) groups excluding carboxylic acids is 1. The van der Waals surface area contributed by atoms with Crippen molar-refractivity contribution >= 4 is 5.91 Å². The first-order valence-corrected chi connectivity index (χ1v) is 8.30. The van der Waals surface area contributed by atoms with Crippen LogP contribution in [0.15, 0.2) is 0 Å². The summed E-state index contributed by atoms with van der Waals surface area (Å²) >= 11 is 0. The molecule has 0 atom stereocenters. The summed E-state index contributed by atoms with van der Waals surface area (Å²) in [7, 11) is 0. The lowest BCUT2D eigenvalue weighted by Gasteiger charge is -2.32. The van der Waals surface area contributed by atoms with Crippen molar-refractivity contribution in [1.29, 1.82) is 0 Å². The van der Waals surface area contributed by atoms with Crippen molar-refractivity contribution in [1.82, 2.24) is 5.32 Å². The molecule has 1 rings (SSSR count). The molecule has 1 amide bonds. The van der Waals surface area contributed by atoms with Crippen LogP contribution in [0.4, 0.5) is 0 Å². The van der Waals surface area contributed by atoms with E-state index in [0.717, 1.165) is 45.2 Å². The van der Waals surface area contributed by atoms with Crippen LogP contribution in [0.25, 0.3) is 0 Å². The zero-order valence-electron chi connectivity index (χ0n) is 13.9. The molecule has 0 unspecified atom stereocenters. The van der Waals surface area contributed by atoms with Crippen molar-refractivity contribution in [3.05, 3.63) is 0 Å². The Morgan fingerprint density at radius 1 is 1.30 bits per heavy atom. The molecule has 1 saturated carbocycles. The van der Waals surface area contributed by atoms with Gasteiger partial charge in [0, 0.05) is 12.0 Å². The smallest absolute Gasteiger partial charge is 0.226 e. The monoisotopic (exact) mass is 282 g/mol. The van der Waals surface area contributed by atoms with Gasteiger partial charge in [0.2, 0.25) is 5.91 Å². The fourth-order valence-corrected chi connectivity index (χ4v) is 3.53. The molecule has 1 aliphatic carbocycles. The zero-order valence-corrected chi connectivity index (χ0v) is 13.9. The predicted octanol–water partition coefficient (Wildman–Crippen LogP) is 3.47. The van der Waals surface area contributed by atoms with E-state index in [0.29, 0.717) is 11.8 Å². The third-order valence-electron chi connectivity index (χ3n) is 4.63. The summed E-state index contributed by atoms with van der Waals surface area (Å²) in [5.74, 6) is 0.883. The minimum atomic E-state index is -0.0852. The van der Waals surface area contributed by atoms with Crippen molar-refractivity contribution in [2.45, 2.75) is 72.6 Å². The number of nitrogens with two attached hydrogens (primary N) is 1. The van der Waals surface area contributed by atoms with Crippen LogP contribution in [0.5, 0.6) is 0 Å². The summed E-state index contributed by atoms with van der Waals surface area (Å²) < 4.78 is 0. The second kappa shape index (κ2) is 7.44. The number of rotatable bonds is 8. The molecule has 118 valence electrons. The van der Waals surface area contributed by atoms with Crippen LogP contribution in [-0.4, -0.2) is 19.0 Å². The lowest BCUT2D eigenvalue weighted by atomic mass is 9.77. The van der Waals surface area contributed by atoms with Gasteiger partial charge in [0.15, 0.2) is 0 Å². The van der Waals surface area contributed by atoms with Gasteiger partial charge in [-0.3, -0.25) is 4.79 Å². The van der Waals surface area contributed by atoms with Crippen LogP contribution in [-0.2, 0) is 4.79 Å². The molecular formula is C17H34N2O. The van der Waals surface area contributed by atoms with E-state index in [1.807, 2.05) is 0 Å². The number of amides is 1. The Labute approximate surface area is 125 Å². The van der Waals surface area contributed by atoms with E-state index in [4.69, 9.17) is 5.73 Å². The SMILES string of the molecule is CC(C)CC1(C(=O)NCC(C)(C)CCCN)CCCC1. The van der Waals surface area contributed by atoms with Crippen molar-refractivity contribution in [2.75, 3.05) is 13.1 Å². The Morgan fingerprint density at radius 3 is 2.40 bits per heavy atom. The highest BCUT2D eigenvalue weighted by Gasteiger charge is 2.41. The van der Waals surface area contributed by atoms with Crippen LogP contribution in [0.2, 0.25) is 0 Å². The van der Waals surface area contributed by atoms with Crippen LogP contribution in [0, 0.1) is 16.7 Å². The van der Waals surface area contributed by atoms with Gasteiger partial charge in [0.1, 0.15) is 0 Å². The van der Waals surface area contributed by atoms with Gasteiger partial charge in [-0.25, -0.2) is 0 Å². The van der Waals surface area contributed by atoms with E-state index < -0.39 is 0 Å². The predicted molar refractivity (Wildman–Crippen MR) is 85.4 cm³/mol. The lowest BCUT2D eigenvalue weighted by Crippen LogP contribution is -2.43. The van der Waals surface area contributed by atoms with Gasteiger partial charge in [-0.05, 0) is 50.0 Å². The second-order valence-corrected chi connectivity index (χ2v) is 7.82. The number of hydrogen-bond acceptors (Lipinski definition) is 2. The van der Waals surface area contributed by atoms with Gasteiger partial charge in [0.25, 0.3) is 0 Å². The molecule has 0 aromatic rings. The highest BCUT2D eigenvalue weighted by molar-refractivity contribution is 5.83. The van der Waals surface area contributed by atoms with Crippen LogP contribution in [0.1, 0.15) is 72.6 Å². The molecule has 0 saturated heterocycles. The third-order valence-corrected chi connectivity index (χ3v) is 4.63. The van der Waals surface area contributed by atoms with Gasteiger partial charge in [-0.1, -0.05) is 40.5 Å². The normalized spacial score (nSPS) is 18.5. The van der Waals surface area contributed by atoms with Crippen molar-refractivity contribution in [2.24, 2.45) is 22.5 Å². The highest BCUT2D eigenvalue weighted by Crippen LogP contribution is 2.43. The summed E-state index contributed by atoms with van der Waals surface area (Å²) in [6.07, 6.45) is 7.68. The largest absolute Gasteiger partial charge is 0.355 e. The van der Waals surface area contributed by atoms with Crippen LogP contribution < -0.4 is 11.1 Å². The van der Waals surface area contributed by atoms with Gasteiger partial charge >= 0.3 is 0 Å². The number of hydrogen-bond donors (Lipinski definition) is 2. The number of carbonyl (C=O) groups is 1. The zero-order chi connectivity index (χ0) is 15.2. The molecular weight excluding hydrogens is 248 g/mol. The summed E-state index contributed by atoms with van der Waals surface area (Å²) in [5.41, 5.74) is 5.64. The van der Waals surface area contributed by atoms with E-state index in [1.165, 1.54) is 12.8 Å². The maximum absolute atomic E-state index is 12.7. The van der Waals surface area contributed by atoms with Crippen LogP contribution >= 0.6 is 0 Å². The molecule has 0 radical (unpaired) electrons. The molecule has 0 aromatic heterocycles. The number of nitrogens with one attached hydrogen (secondary N) is 1. The van der Waals surface area contributed by atoms with E-state index in [2.05, 4.69) is 33.0 Å². The summed E-state index contributed by atoms with van der Waals surface area (Å²) in [4.78, 5) is 12.7. The Morgan fingerprint density at radius 2 is 1.90 bits per heavy atom. The first kappa shape index (κ1) is 17.5. The Kier molecular flexibility index (Phi) is 6.50. The lowest BCUT2D eigenvalue weighted by molar-refractivity contribution is -0.132. The van der Waals surface area contributed by atoms with Gasteiger partial charge in [-0.2, -0.15) is 0 Å². The Hall–Kier alpha value is -0.570. The molecule has 1 fully saturated rings. The first-order valence-electron chi connectivity index (χ1n) is 8.30. The van der Waals surface area contributed by atoms with Crippen molar-refractivity contribution in [3.63, 3.8) is 0 Å². The summed E-state index contributed by atoms with van der Waals surface area (Å²) in [5, 5.41) is 3.24. The van der Waals surface area contributed by atoms with E-state index in [-0.39, 0.29) is 10.8 Å². The Balaban J connectivity index is 2.55. The molecule has 1 aliphatic rings. The fraction of sp³-hybridized carbons (Fsp3) is 0.941. The minimum absolute atomic E-state index is 0.0852. The first-order chi connectivity index (χ1) is 9.31. The third kappa shape index (κ3) is 5.08. The minimum Gasteiger partial charge on any atom is -0.355 e. The fourth-order valence-electron chi connectivity index (χ4n) is 3.53. The van der Waals surface area contributed by atoms with Gasteiger partial charge in [0.05, 0.1) is 0 Å². The molecule has 0 aromatic carbocycles. The molecule has 0 heterocycles. The van der Waals surface area contributed by atoms with Crippen molar-refractivity contribution < 1.29 is 4.79 Å². The topological polar surface area (TPSA) is 55.1 Å². The average Bonchev–Trinajstić information content (AvgIpc) is 2.82. The molecule has 3 heteroatoms. The molecule has 20 heavy (non-hydrogen) atoms. The van der Waals surface area contributed by atoms with E-state index in [9.17, 15) is 4.79 Å². The van der Waals surface area contributed by atoms with Gasteiger partial charge < -0.3 is 11.1 Å². The standard InChI is InChI=1S/C17H34N2O/c1-14(2)12-17(9-5-6-10-17)15(20)19-13-16(3,4)8-7-11-18/h14H,5-13,18H2,1-4H3,(H,19,20). The maximum atomic E-state index is 12.7. The quantitative estimate of drug-likeness (QED) is 0.716. The van der Waals surface area contributed by atoms with E-state index >= 15 is 0 Å². The highest BCUT2D eigenvalue weighted by atomic mass is 16.2. The van der Waals surface area contributed by atoms with Crippen molar-refractivity contribution in [3.8, 4) is 0 Å². The van der Waals surface area contributed by atoms with E-state index in [1.54, 1.807) is 0 Å². The molecule has 3 N–H and O–H groups in total. The molecule has 0 bridgehead atoms. The molecule has 0 aliphatic heterocycles. The average molecular weight is 282 g/mol.